The summed E-state index contributed by atoms with van der Waals surface area (Å²) in [5.41, 5.74) is -1.13. The molecule has 1 heterocycles. The van der Waals surface area contributed by atoms with E-state index >= 15 is 0 Å². The maximum atomic E-state index is 11.8. The van der Waals surface area contributed by atoms with E-state index in [-0.39, 0.29) is 0 Å². The molecule has 0 aromatic carbocycles. The molecule has 19 heavy (non-hydrogen) atoms. The lowest BCUT2D eigenvalue weighted by atomic mass is 9.74. The number of nitrogens with one attached hydrogen (secondary N) is 2. The van der Waals surface area contributed by atoms with Crippen molar-refractivity contribution in [3.8, 4) is 0 Å². The molecule has 1 aromatic rings. The number of carboxylic acid groups (broad SMARTS) is 1. The van der Waals surface area contributed by atoms with E-state index in [1.807, 2.05) is 0 Å². The molecule has 1 rings (SSSR count). The van der Waals surface area contributed by atoms with Crippen molar-refractivity contribution < 1.29 is 19.1 Å². The maximum absolute atomic E-state index is 11.8. The van der Waals surface area contributed by atoms with Gasteiger partial charge < -0.3 is 20.2 Å². The molecule has 1 aromatic heterocycles. The molecule has 0 bridgehead atoms. The van der Waals surface area contributed by atoms with Gasteiger partial charge in [0.2, 0.25) is 0 Å². The van der Waals surface area contributed by atoms with Crippen LogP contribution in [0.25, 0.3) is 0 Å². The van der Waals surface area contributed by atoms with Gasteiger partial charge in [-0.25, -0.2) is 4.79 Å². The standard InChI is InChI=1S/C13H20N2O4/c1-12(2,10(16)17)13(3,4)15-11(18)14-7-9-5-6-19-8-9/h5-6,8H,7H2,1-4H3,(H,16,17)(H2,14,15,18). The Morgan fingerprint density at radius 3 is 2.42 bits per heavy atom. The highest BCUT2D eigenvalue weighted by Crippen LogP contribution is 2.30. The maximum Gasteiger partial charge on any atom is 0.315 e. The number of amides is 2. The van der Waals surface area contributed by atoms with Crippen LogP contribution in [0.5, 0.6) is 0 Å². The molecule has 0 unspecified atom stereocenters. The minimum atomic E-state index is -1.08. The van der Waals surface area contributed by atoms with Crippen molar-refractivity contribution in [2.45, 2.75) is 39.8 Å². The first kappa shape index (κ1) is 15.1. The van der Waals surface area contributed by atoms with E-state index in [2.05, 4.69) is 10.6 Å². The number of aliphatic carboxylic acids is 1. The fourth-order valence-electron chi connectivity index (χ4n) is 1.33. The Bertz CT molecular complexity index is 449. The Balaban J connectivity index is 2.58. The average Bonchev–Trinajstić information content (AvgIpc) is 2.78. The van der Waals surface area contributed by atoms with Gasteiger partial charge in [0.25, 0.3) is 0 Å². The highest BCUT2D eigenvalue weighted by molar-refractivity contribution is 5.79. The number of hydrogen-bond donors (Lipinski definition) is 3. The predicted molar refractivity (Wildman–Crippen MR) is 69.6 cm³/mol. The van der Waals surface area contributed by atoms with E-state index in [0.717, 1.165) is 5.56 Å². The molecule has 0 aliphatic heterocycles. The number of carboxylic acids is 1. The monoisotopic (exact) mass is 268 g/mol. The molecule has 6 heteroatoms. The Morgan fingerprint density at radius 1 is 1.32 bits per heavy atom. The van der Waals surface area contributed by atoms with Crippen LogP contribution in [-0.2, 0) is 11.3 Å². The van der Waals surface area contributed by atoms with Gasteiger partial charge in [-0.05, 0) is 33.8 Å². The van der Waals surface area contributed by atoms with Crippen molar-refractivity contribution in [1.29, 1.82) is 0 Å². The topological polar surface area (TPSA) is 91.6 Å². The summed E-state index contributed by atoms with van der Waals surface area (Å²) in [6, 6.07) is 1.33. The Morgan fingerprint density at radius 2 is 1.95 bits per heavy atom. The zero-order valence-electron chi connectivity index (χ0n) is 11.6. The summed E-state index contributed by atoms with van der Waals surface area (Å²) in [6.45, 7) is 6.83. The van der Waals surface area contributed by atoms with Gasteiger partial charge in [0.05, 0.1) is 23.5 Å². The van der Waals surface area contributed by atoms with Gasteiger partial charge in [0.1, 0.15) is 0 Å². The number of urea groups is 1. The molecule has 0 fully saturated rings. The van der Waals surface area contributed by atoms with Crippen molar-refractivity contribution in [1.82, 2.24) is 10.6 Å². The lowest BCUT2D eigenvalue weighted by Crippen LogP contribution is -2.58. The van der Waals surface area contributed by atoms with Gasteiger partial charge >= 0.3 is 12.0 Å². The SMILES string of the molecule is CC(C)(NC(=O)NCc1ccoc1)C(C)(C)C(=O)O. The minimum absolute atomic E-state index is 0.325. The first-order valence-corrected chi connectivity index (χ1v) is 5.97. The predicted octanol–water partition coefficient (Wildman–Crippen LogP) is 1.97. The summed E-state index contributed by atoms with van der Waals surface area (Å²) < 4.78 is 4.88. The second-order valence-corrected chi connectivity index (χ2v) is 5.49. The van der Waals surface area contributed by atoms with Gasteiger partial charge in [0.15, 0.2) is 0 Å². The molecule has 0 saturated carbocycles. The number of furan rings is 1. The number of carbonyl (C=O) groups excluding carboxylic acids is 1. The van der Waals surface area contributed by atoms with Crippen molar-refractivity contribution in [2.24, 2.45) is 5.41 Å². The van der Waals surface area contributed by atoms with Gasteiger partial charge in [-0.2, -0.15) is 0 Å². The van der Waals surface area contributed by atoms with E-state index in [1.54, 1.807) is 33.8 Å². The lowest BCUT2D eigenvalue weighted by molar-refractivity contribution is -0.150. The molecular weight excluding hydrogens is 248 g/mol. The zero-order valence-corrected chi connectivity index (χ0v) is 11.6. The fourth-order valence-corrected chi connectivity index (χ4v) is 1.33. The van der Waals surface area contributed by atoms with Crippen LogP contribution >= 0.6 is 0 Å². The van der Waals surface area contributed by atoms with E-state index in [0.29, 0.717) is 6.54 Å². The molecule has 0 aliphatic rings. The Hall–Kier alpha value is -1.98. The van der Waals surface area contributed by atoms with Crippen LogP contribution in [0, 0.1) is 5.41 Å². The van der Waals surface area contributed by atoms with Crippen LogP contribution in [0.4, 0.5) is 4.79 Å². The molecule has 2 amide bonds. The first-order chi connectivity index (χ1) is 8.67. The number of carbonyl (C=O) groups is 2. The van der Waals surface area contributed by atoms with E-state index in [4.69, 9.17) is 4.42 Å². The van der Waals surface area contributed by atoms with E-state index < -0.39 is 23.0 Å². The van der Waals surface area contributed by atoms with Crippen LogP contribution in [0.15, 0.2) is 23.0 Å². The third kappa shape index (κ3) is 3.49. The third-order valence-corrected chi connectivity index (χ3v) is 3.56. The molecule has 0 aliphatic carbocycles. The molecule has 0 atom stereocenters. The highest BCUT2D eigenvalue weighted by Gasteiger charge is 2.44. The average molecular weight is 268 g/mol. The summed E-state index contributed by atoms with van der Waals surface area (Å²) in [5.74, 6) is -0.965. The second-order valence-electron chi connectivity index (χ2n) is 5.49. The summed E-state index contributed by atoms with van der Waals surface area (Å²) in [5, 5.41) is 14.5. The molecule has 0 saturated heterocycles. The molecule has 0 spiro atoms. The van der Waals surface area contributed by atoms with E-state index in [1.165, 1.54) is 12.5 Å². The van der Waals surface area contributed by atoms with Crippen LogP contribution in [0.1, 0.15) is 33.3 Å². The lowest BCUT2D eigenvalue weighted by Gasteiger charge is -2.38. The van der Waals surface area contributed by atoms with Crippen molar-refractivity contribution in [2.75, 3.05) is 0 Å². The number of rotatable bonds is 5. The third-order valence-electron chi connectivity index (χ3n) is 3.56. The van der Waals surface area contributed by atoms with Gasteiger partial charge in [-0.1, -0.05) is 0 Å². The summed E-state index contributed by atoms with van der Waals surface area (Å²) in [6.07, 6.45) is 3.05. The first-order valence-electron chi connectivity index (χ1n) is 5.97. The van der Waals surface area contributed by atoms with Gasteiger partial charge in [-0.15, -0.1) is 0 Å². The Kier molecular flexibility index (Phi) is 4.24. The minimum Gasteiger partial charge on any atom is -0.481 e. The van der Waals surface area contributed by atoms with Crippen LogP contribution in [-0.4, -0.2) is 22.6 Å². The van der Waals surface area contributed by atoms with Crippen molar-refractivity contribution in [3.63, 3.8) is 0 Å². The van der Waals surface area contributed by atoms with Crippen LogP contribution in [0.2, 0.25) is 0 Å². The van der Waals surface area contributed by atoms with Crippen LogP contribution < -0.4 is 10.6 Å². The van der Waals surface area contributed by atoms with Gasteiger partial charge in [0, 0.05) is 12.1 Å². The zero-order chi connectivity index (χ0) is 14.7. The summed E-state index contributed by atoms with van der Waals surface area (Å²) in [4.78, 5) is 23.0. The number of hydrogen-bond acceptors (Lipinski definition) is 3. The van der Waals surface area contributed by atoms with Crippen molar-refractivity contribution >= 4 is 12.0 Å². The molecule has 106 valence electrons. The fraction of sp³-hybridized carbons (Fsp3) is 0.538. The molecular formula is C13H20N2O4. The smallest absolute Gasteiger partial charge is 0.315 e. The van der Waals surface area contributed by atoms with E-state index in [9.17, 15) is 14.7 Å². The molecule has 0 radical (unpaired) electrons. The van der Waals surface area contributed by atoms with Crippen LogP contribution in [0.3, 0.4) is 0 Å². The van der Waals surface area contributed by atoms with Crippen molar-refractivity contribution in [3.05, 3.63) is 24.2 Å². The van der Waals surface area contributed by atoms with Gasteiger partial charge in [-0.3, -0.25) is 4.79 Å². The largest absolute Gasteiger partial charge is 0.481 e. The molecule has 6 nitrogen and oxygen atoms in total. The summed E-state index contributed by atoms with van der Waals surface area (Å²) >= 11 is 0. The summed E-state index contributed by atoms with van der Waals surface area (Å²) in [7, 11) is 0. The Labute approximate surface area is 112 Å². The second kappa shape index (κ2) is 5.34. The molecule has 3 N–H and O–H groups in total. The quantitative estimate of drug-likeness (QED) is 0.761. The highest BCUT2D eigenvalue weighted by atomic mass is 16.4. The normalized spacial score (nSPS) is 12.0.